The molecule has 3 unspecified atom stereocenters. The molecule has 1 saturated heterocycles. The summed E-state index contributed by atoms with van der Waals surface area (Å²) in [5.41, 5.74) is 3.47. The summed E-state index contributed by atoms with van der Waals surface area (Å²) in [7, 11) is 0. The minimum absolute atomic E-state index is 0.0246. The van der Waals surface area contributed by atoms with Crippen LogP contribution in [0.3, 0.4) is 0 Å². The minimum Gasteiger partial charge on any atom is -0.460 e. The number of esters is 1. The van der Waals surface area contributed by atoms with E-state index in [4.69, 9.17) is 4.74 Å². The van der Waals surface area contributed by atoms with E-state index in [1.165, 1.54) is 5.56 Å². The van der Waals surface area contributed by atoms with Crippen LogP contribution in [0.4, 0.5) is 0 Å². The summed E-state index contributed by atoms with van der Waals surface area (Å²) in [5, 5.41) is 0. The molecule has 0 spiro atoms. The highest BCUT2D eigenvalue weighted by molar-refractivity contribution is 5.73. The fourth-order valence-electron chi connectivity index (χ4n) is 4.28. The van der Waals surface area contributed by atoms with Crippen molar-refractivity contribution in [2.75, 3.05) is 6.54 Å². The fourth-order valence-corrected chi connectivity index (χ4v) is 4.28. The van der Waals surface area contributed by atoms with Gasteiger partial charge in [-0.2, -0.15) is 0 Å². The van der Waals surface area contributed by atoms with E-state index in [-0.39, 0.29) is 24.0 Å². The number of hydrogen-bond acceptors (Lipinski definition) is 5. The third-order valence-electron chi connectivity index (χ3n) is 5.95. The summed E-state index contributed by atoms with van der Waals surface area (Å²) >= 11 is 0. The van der Waals surface area contributed by atoms with E-state index in [1.54, 1.807) is 6.33 Å². The highest BCUT2D eigenvalue weighted by Gasteiger charge is 2.34. The smallest absolute Gasteiger partial charge is 0.309 e. The molecule has 1 aromatic heterocycles. The van der Waals surface area contributed by atoms with Crippen LogP contribution in [0.15, 0.2) is 42.9 Å². The number of aromatic nitrogens is 2. The highest BCUT2D eigenvalue weighted by atomic mass is 16.5. The summed E-state index contributed by atoms with van der Waals surface area (Å²) in [6.45, 7) is 4.15. The number of rotatable bonds is 4. The van der Waals surface area contributed by atoms with Crippen LogP contribution in [0.25, 0.3) is 0 Å². The summed E-state index contributed by atoms with van der Waals surface area (Å²) in [6.07, 6.45) is 7.76. The SMILES string of the molecule is CC1C(OC(=O)C2CCc3ncncc3C2)CCCN1Cc1ccccc1. The average molecular weight is 365 g/mol. The molecule has 1 aromatic carbocycles. The van der Waals surface area contributed by atoms with Crippen LogP contribution in [0, 0.1) is 5.92 Å². The second-order valence-corrected chi connectivity index (χ2v) is 7.75. The standard InChI is InChI=1S/C22H27N3O2/c1-16-21(8-5-11-25(16)14-17-6-3-2-4-7-17)27-22(26)18-9-10-20-19(12-18)13-23-15-24-20/h2-4,6-7,13,15-16,18,21H,5,8-12,14H2,1H3. The summed E-state index contributed by atoms with van der Waals surface area (Å²) < 4.78 is 6.00. The molecule has 2 aliphatic rings. The van der Waals surface area contributed by atoms with Crippen molar-refractivity contribution in [3.05, 3.63) is 59.7 Å². The van der Waals surface area contributed by atoms with Gasteiger partial charge in [0.1, 0.15) is 12.4 Å². The first kappa shape index (κ1) is 18.1. The van der Waals surface area contributed by atoms with Gasteiger partial charge < -0.3 is 4.74 Å². The van der Waals surface area contributed by atoms with Crippen LogP contribution < -0.4 is 0 Å². The molecule has 5 heteroatoms. The van der Waals surface area contributed by atoms with Crippen molar-refractivity contribution >= 4 is 5.97 Å². The summed E-state index contributed by atoms with van der Waals surface area (Å²) in [4.78, 5) is 23.7. The van der Waals surface area contributed by atoms with Gasteiger partial charge in [-0.25, -0.2) is 9.97 Å². The zero-order valence-corrected chi connectivity index (χ0v) is 15.9. The Balaban J connectivity index is 1.36. The third-order valence-corrected chi connectivity index (χ3v) is 5.95. The number of nitrogens with zero attached hydrogens (tertiary/aromatic N) is 3. The first-order valence-electron chi connectivity index (χ1n) is 9.97. The van der Waals surface area contributed by atoms with Crippen molar-refractivity contribution in [3.63, 3.8) is 0 Å². The Morgan fingerprint density at radius 1 is 1.26 bits per heavy atom. The van der Waals surface area contributed by atoms with E-state index in [0.717, 1.165) is 50.0 Å². The first-order valence-corrected chi connectivity index (χ1v) is 9.97. The van der Waals surface area contributed by atoms with Gasteiger partial charge in [-0.15, -0.1) is 0 Å². The van der Waals surface area contributed by atoms with Crippen molar-refractivity contribution in [3.8, 4) is 0 Å². The molecule has 2 heterocycles. The van der Waals surface area contributed by atoms with Gasteiger partial charge in [0.25, 0.3) is 0 Å². The van der Waals surface area contributed by atoms with Gasteiger partial charge in [-0.05, 0) is 56.7 Å². The molecule has 5 nitrogen and oxygen atoms in total. The lowest BCUT2D eigenvalue weighted by atomic mass is 9.87. The highest BCUT2D eigenvalue weighted by Crippen LogP contribution is 2.27. The largest absolute Gasteiger partial charge is 0.460 e. The number of carbonyl (C=O) groups excluding carboxylic acids is 1. The number of carbonyl (C=O) groups is 1. The predicted molar refractivity (Wildman–Crippen MR) is 103 cm³/mol. The molecular formula is C22H27N3O2. The molecule has 1 fully saturated rings. The van der Waals surface area contributed by atoms with E-state index < -0.39 is 0 Å². The number of aryl methyl sites for hydroxylation is 1. The monoisotopic (exact) mass is 365 g/mol. The number of fused-ring (bicyclic) bond motifs is 1. The lowest BCUT2D eigenvalue weighted by Gasteiger charge is -2.39. The van der Waals surface area contributed by atoms with Gasteiger partial charge >= 0.3 is 5.97 Å². The van der Waals surface area contributed by atoms with Crippen molar-refractivity contribution in [2.24, 2.45) is 5.92 Å². The van der Waals surface area contributed by atoms with Gasteiger partial charge in [0.15, 0.2) is 0 Å². The second-order valence-electron chi connectivity index (χ2n) is 7.75. The van der Waals surface area contributed by atoms with Crippen LogP contribution in [0.5, 0.6) is 0 Å². The Morgan fingerprint density at radius 3 is 2.96 bits per heavy atom. The molecule has 0 radical (unpaired) electrons. The Kier molecular flexibility index (Phi) is 5.48. The molecule has 0 bridgehead atoms. The number of benzene rings is 1. The van der Waals surface area contributed by atoms with Crippen LogP contribution >= 0.6 is 0 Å². The third kappa shape index (κ3) is 4.19. The minimum atomic E-state index is -0.0693. The number of piperidine rings is 1. The number of hydrogen-bond donors (Lipinski definition) is 0. The fraction of sp³-hybridized carbons (Fsp3) is 0.500. The maximum absolute atomic E-state index is 12.8. The predicted octanol–water partition coefficient (Wildman–Crippen LogP) is 3.18. The summed E-state index contributed by atoms with van der Waals surface area (Å²) in [5.74, 6) is -0.122. The van der Waals surface area contributed by atoms with E-state index in [1.807, 2.05) is 12.3 Å². The molecule has 1 aliphatic carbocycles. The van der Waals surface area contributed by atoms with E-state index in [2.05, 4.69) is 46.1 Å². The van der Waals surface area contributed by atoms with Crippen LogP contribution in [-0.4, -0.2) is 39.5 Å². The van der Waals surface area contributed by atoms with Crippen LogP contribution in [-0.2, 0) is 28.9 Å². The van der Waals surface area contributed by atoms with Gasteiger partial charge in [0.2, 0.25) is 0 Å². The van der Waals surface area contributed by atoms with Crippen molar-refractivity contribution < 1.29 is 9.53 Å². The van der Waals surface area contributed by atoms with Crippen LogP contribution in [0.2, 0.25) is 0 Å². The van der Waals surface area contributed by atoms with Crippen molar-refractivity contribution in [1.82, 2.24) is 14.9 Å². The van der Waals surface area contributed by atoms with E-state index >= 15 is 0 Å². The van der Waals surface area contributed by atoms with Crippen molar-refractivity contribution in [2.45, 2.75) is 57.7 Å². The van der Waals surface area contributed by atoms with E-state index in [0.29, 0.717) is 6.42 Å². The molecule has 1 aliphatic heterocycles. The molecule has 0 N–H and O–H groups in total. The normalized spacial score (nSPS) is 25.6. The zero-order chi connectivity index (χ0) is 18.6. The van der Waals surface area contributed by atoms with Crippen molar-refractivity contribution in [1.29, 1.82) is 0 Å². The molecule has 0 amide bonds. The average Bonchev–Trinajstić information content (AvgIpc) is 2.71. The molecule has 27 heavy (non-hydrogen) atoms. The Hall–Kier alpha value is -2.27. The van der Waals surface area contributed by atoms with Gasteiger partial charge in [0.05, 0.1) is 5.92 Å². The first-order chi connectivity index (χ1) is 13.2. The van der Waals surface area contributed by atoms with Gasteiger partial charge in [-0.1, -0.05) is 30.3 Å². The van der Waals surface area contributed by atoms with Gasteiger partial charge in [-0.3, -0.25) is 9.69 Å². The maximum atomic E-state index is 12.8. The number of likely N-dealkylation sites (tertiary alicyclic amines) is 1. The molecular weight excluding hydrogens is 338 g/mol. The molecule has 2 aromatic rings. The Labute approximate surface area is 160 Å². The zero-order valence-electron chi connectivity index (χ0n) is 15.9. The second kappa shape index (κ2) is 8.17. The van der Waals surface area contributed by atoms with Gasteiger partial charge in [0, 0.05) is 24.5 Å². The number of ether oxygens (including phenoxy) is 1. The Bertz CT molecular complexity index is 780. The topological polar surface area (TPSA) is 55.3 Å². The Morgan fingerprint density at radius 2 is 2.11 bits per heavy atom. The maximum Gasteiger partial charge on any atom is 0.309 e. The lowest BCUT2D eigenvalue weighted by Crippen LogP contribution is -2.48. The van der Waals surface area contributed by atoms with E-state index in [9.17, 15) is 4.79 Å². The quantitative estimate of drug-likeness (QED) is 0.779. The van der Waals surface area contributed by atoms with Crippen LogP contribution in [0.1, 0.15) is 43.0 Å². The molecule has 3 atom stereocenters. The molecule has 0 saturated carbocycles. The molecule has 4 rings (SSSR count). The molecule has 142 valence electrons. The lowest BCUT2D eigenvalue weighted by molar-refractivity contribution is -0.160. The summed E-state index contributed by atoms with van der Waals surface area (Å²) in [6, 6.07) is 10.7.